The van der Waals surface area contributed by atoms with E-state index in [2.05, 4.69) is 5.32 Å². The molecule has 1 N–H and O–H groups in total. The van der Waals surface area contributed by atoms with Crippen molar-refractivity contribution in [2.24, 2.45) is 0 Å². The quantitative estimate of drug-likeness (QED) is 0.942. The lowest BCUT2D eigenvalue weighted by molar-refractivity contribution is -0.120. The smallest absolute Gasteiger partial charge is 0.244 e. The highest BCUT2D eigenvalue weighted by Crippen LogP contribution is 2.34. The van der Waals surface area contributed by atoms with E-state index in [9.17, 15) is 9.59 Å². The van der Waals surface area contributed by atoms with Gasteiger partial charge in [0.2, 0.25) is 11.8 Å². The largest absolute Gasteiger partial charge is 0.325 e. The van der Waals surface area contributed by atoms with E-state index in [-0.39, 0.29) is 18.4 Å². The van der Waals surface area contributed by atoms with Gasteiger partial charge in [-0.25, -0.2) is 0 Å². The molecule has 1 aliphatic rings. The van der Waals surface area contributed by atoms with Crippen LogP contribution in [0.2, 0.25) is 0 Å². The van der Waals surface area contributed by atoms with Gasteiger partial charge in [0.05, 0.1) is 23.1 Å². The number of benzene rings is 2. The second-order valence-electron chi connectivity index (χ2n) is 4.97. The molecule has 2 amide bonds. The van der Waals surface area contributed by atoms with Gasteiger partial charge in [0.15, 0.2) is 0 Å². The predicted molar refractivity (Wildman–Crippen MR) is 89.3 cm³/mol. The number of para-hydroxylation sites is 1. The third-order valence-corrected chi connectivity index (χ3v) is 4.46. The summed E-state index contributed by atoms with van der Waals surface area (Å²) in [7, 11) is 0. The molecular weight excluding hydrogens is 310 g/mol. The van der Waals surface area contributed by atoms with Crippen LogP contribution in [0.1, 0.15) is 5.56 Å². The average molecular weight is 323 g/mol. The summed E-state index contributed by atoms with van der Waals surface area (Å²) >= 11 is 1.48. The Labute approximate surface area is 137 Å². The first-order valence-corrected chi connectivity index (χ1v) is 7.98. The lowest BCUT2D eigenvalue weighted by Crippen LogP contribution is -2.41. The molecule has 0 spiro atoms. The Hall–Kier alpha value is -2.78. The molecule has 3 rings (SSSR count). The predicted octanol–water partition coefficient (Wildman–Crippen LogP) is 2.64. The summed E-state index contributed by atoms with van der Waals surface area (Å²) in [6.07, 6.45) is 0. The van der Waals surface area contributed by atoms with Crippen molar-refractivity contribution in [3.8, 4) is 6.07 Å². The number of nitrogens with zero attached hydrogens (tertiary/aromatic N) is 2. The van der Waals surface area contributed by atoms with Crippen LogP contribution >= 0.6 is 11.8 Å². The second kappa shape index (κ2) is 6.55. The van der Waals surface area contributed by atoms with Crippen molar-refractivity contribution < 1.29 is 9.59 Å². The minimum absolute atomic E-state index is 0.0313. The first kappa shape index (κ1) is 15.1. The van der Waals surface area contributed by atoms with Gasteiger partial charge in [0, 0.05) is 10.6 Å². The van der Waals surface area contributed by atoms with Gasteiger partial charge >= 0.3 is 0 Å². The SMILES string of the molecule is N#Cc1ccc(NC(=O)CN2C(=O)CSc3ccccc32)cc1. The first-order chi connectivity index (χ1) is 11.2. The van der Waals surface area contributed by atoms with E-state index in [0.717, 1.165) is 10.6 Å². The molecule has 0 radical (unpaired) electrons. The number of nitrogens with one attached hydrogen (secondary N) is 1. The van der Waals surface area contributed by atoms with Crippen LogP contribution in [0.5, 0.6) is 0 Å². The van der Waals surface area contributed by atoms with Crippen molar-refractivity contribution in [1.29, 1.82) is 5.26 Å². The van der Waals surface area contributed by atoms with Crippen LogP contribution in [0.3, 0.4) is 0 Å². The number of carbonyl (C=O) groups is 2. The molecule has 0 saturated heterocycles. The van der Waals surface area contributed by atoms with Gasteiger partial charge in [-0.2, -0.15) is 5.26 Å². The van der Waals surface area contributed by atoms with Crippen molar-refractivity contribution in [3.63, 3.8) is 0 Å². The summed E-state index contributed by atoms with van der Waals surface area (Å²) in [6, 6.07) is 16.2. The summed E-state index contributed by atoms with van der Waals surface area (Å²) in [4.78, 5) is 26.8. The molecule has 0 aliphatic carbocycles. The zero-order valence-electron chi connectivity index (χ0n) is 12.2. The zero-order chi connectivity index (χ0) is 16.2. The van der Waals surface area contributed by atoms with Gasteiger partial charge in [-0.1, -0.05) is 12.1 Å². The van der Waals surface area contributed by atoms with Gasteiger partial charge in [0.25, 0.3) is 0 Å². The molecule has 0 unspecified atom stereocenters. The number of hydrogen-bond donors (Lipinski definition) is 1. The highest BCUT2D eigenvalue weighted by Gasteiger charge is 2.26. The van der Waals surface area contributed by atoms with Crippen molar-refractivity contribution >= 4 is 35.0 Å². The van der Waals surface area contributed by atoms with E-state index < -0.39 is 0 Å². The number of amides is 2. The van der Waals surface area contributed by atoms with Crippen LogP contribution < -0.4 is 10.2 Å². The Morgan fingerprint density at radius 2 is 1.96 bits per heavy atom. The van der Waals surface area contributed by atoms with Crippen LogP contribution in [0.15, 0.2) is 53.4 Å². The van der Waals surface area contributed by atoms with Gasteiger partial charge in [-0.15, -0.1) is 11.8 Å². The van der Waals surface area contributed by atoms with Gasteiger partial charge in [-0.3, -0.25) is 9.59 Å². The van der Waals surface area contributed by atoms with Crippen LogP contribution in [0.25, 0.3) is 0 Å². The molecular formula is C17H13N3O2S. The fraction of sp³-hybridized carbons (Fsp3) is 0.118. The van der Waals surface area contributed by atoms with E-state index in [1.807, 2.05) is 30.3 Å². The van der Waals surface area contributed by atoms with Crippen molar-refractivity contribution in [1.82, 2.24) is 0 Å². The molecule has 0 saturated carbocycles. The molecule has 1 aliphatic heterocycles. The van der Waals surface area contributed by atoms with E-state index in [0.29, 0.717) is 17.0 Å². The molecule has 23 heavy (non-hydrogen) atoms. The fourth-order valence-electron chi connectivity index (χ4n) is 2.30. The normalized spacial score (nSPS) is 13.2. The molecule has 0 aromatic heterocycles. The van der Waals surface area contributed by atoms with Crippen molar-refractivity contribution in [2.45, 2.75) is 4.90 Å². The second-order valence-corrected chi connectivity index (χ2v) is 5.99. The fourth-order valence-corrected chi connectivity index (χ4v) is 3.24. The molecule has 0 fully saturated rings. The van der Waals surface area contributed by atoms with E-state index in [1.54, 1.807) is 24.3 Å². The minimum atomic E-state index is -0.273. The number of rotatable bonds is 3. The van der Waals surface area contributed by atoms with Crippen LogP contribution in [-0.2, 0) is 9.59 Å². The number of nitriles is 1. The topological polar surface area (TPSA) is 73.2 Å². The lowest BCUT2D eigenvalue weighted by atomic mass is 10.2. The lowest BCUT2D eigenvalue weighted by Gasteiger charge is -2.28. The molecule has 114 valence electrons. The van der Waals surface area contributed by atoms with Gasteiger partial charge in [0.1, 0.15) is 6.54 Å². The maximum absolute atomic E-state index is 12.2. The molecule has 1 heterocycles. The Bertz CT molecular complexity index is 796. The highest BCUT2D eigenvalue weighted by molar-refractivity contribution is 8.00. The van der Waals surface area contributed by atoms with Crippen LogP contribution in [0, 0.1) is 11.3 Å². The Morgan fingerprint density at radius 3 is 2.70 bits per heavy atom. The molecule has 6 heteroatoms. The summed E-state index contributed by atoms with van der Waals surface area (Å²) in [5.41, 5.74) is 1.89. The van der Waals surface area contributed by atoms with E-state index in [1.165, 1.54) is 16.7 Å². The number of thioether (sulfide) groups is 1. The highest BCUT2D eigenvalue weighted by atomic mass is 32.2. The number of fused-ring (bicyclic) bond motifs is 1. The number of anilines is 2. The Kier molecular flexibility index (Phi) is 4.31. The molecule has 2 aromatic rings. The molecule has 0 bridgehead atoms. The molecule has 5 nitrogen and oxygen atoms in total. The third-order valence-electron chi connectivity index (χ3n) is 3.41. The summed E-state index contributed by atoms with van der Waals surface area (Å²) in [5.74, 6) is -0.0188. The van der Waals surface area contributed by atoms with E-state index >= 15 is 0 Å². The van der Waals surface area contributed by atoms with Crippen LogP contribution in [-0.4, -0.2) is 24.1 Å². The zero-order valence-corrected chi connectivity index (χ0v) is 13.0. The maximum Gasteiger partial charge on any atom is 0.244 e. The number of carbonyl (C=O) groups excluding carboxylic acids is 2. The van der Waals surface area contributed by atoms with Crippen molar-refractivity contribution in [3.05, 3.63) is 54.1 Å². The Morgan fingerprint density at radius 1 is 1.22 bits per heavy atom. The minimum Gasteiger partial charge on any atom is -0.325 e. The monoisotopic (exact) mass is 323 g/mol. The molecule has 2 aromatic carbocycles. The molecule has 0 atom stereocenters. The summed E-state index contributed by atoms with van der Waals surface area (Å²) in [6.45, 7) is -0.0313. The van der Waals surface area contributed by atoms with Crippen LogP contribution in [0.4, 0.5) is 11.4 Å². The van der Waals surface area contributed by atoms with Crippen molar-refractivity contribution in [2.75, 3.05) is 22.5 Å². The van der Waals surface area contributed by atoms with Gasteiger partial charge < -0.3 is 10.2 Å². The standard InChI is InChI=1S/C17H13N3O2S/c18-9-12-5-7-13(8-6-12)19-16(21)10-20-14-3-1-2-4-15(14)23-11-17(20)22/h1-8H,10-11H2,(H,19,21). The average Bonchev–Trinajstić information content (AvgIpc) is 2.58. The van der Waals surface area contributed by atoms with Gasteiger partial charge in [-0.05, 0) is 36.4 Å². The maximum atomic E-state index is 12.2. The summed E-state index contributed by atoms with van der Waals surface area (Å²) in [5, 5.41) is 11.5. The number of hydrogen-bond acceptors (Lipinski definition) is 4. The Balaban J connectivity index is 1.72. The van der Waals surface area contributed by atoms with E-state index in [4.69, 9.17) is 5.26 Å². The first-order valence-electron chi connectivity index (χ1n) is 6.99. The summed E-state index contributed by atoms with van der Waals surface area (Å²) < 4.78 is 0. The third kappa shape index (κ3) is 3.35.